The van der Waals surface area contributed by atoms with Gasteiger partial charge < -0.3 is 4.90 Å². The van der Waals surface area contributed by atoms with Gasteiger partial charge in [0.1, 0.15) is 5.56 Å². The van der Waals surface area contributed by atoms with E-state index in [-0.39, 0.29) is 47.3 Å². The van der Waals surface area contributed by atoms with Gasteiger partial charge in [0.25, 0.3) is 11.6 Å². The van der Waals surface area contributed by atoms with Gasteiger partial charge in [-0.25, -0.2) is 8.42 Å². The van der Waals surface area contributed by atoms with Gasteiger partial charge in [-0.3, -0.25) is 14.9 Å². The van der Waals surface area contributed by atoms with Crippen molar-refractivity contribution < 1.29 is 18.1 Å². The van der Waals surface area contributed by atoms with Crippen LogP contribution in [0.5, 0.6) is 0 Å². The van der Waals surface area contributed by atoms with E-state index in [0.717, 1.165) is 17.2 Å². The van der Waals surface area contributed by atoms with Gasteiger partial charge in [-0.1, -0.05) is 17.7 Å². The van der Waals surface area contributed by atoms with Crippen LogP contribution in [0.15, 0.2) is 41.3 Å². The number of piperazine rings is 1. The summed E-state index contributed by atoms with van der Waals surface area (Å²) in [6.07, 6.45) is 0. The predicted molar refractivity (Wildman–Crippen MR) is 109 cm³/mol. The molecule has 1 aliphatic rings. The first-order valence-corrected chi connectivity index (χ1v) is 10.7. The summed E-state index contributed by atoms with van der Waals surface area (Å²) in [5.41, 5.74) is 1.46. The van der Waals surface area contributed by atoms with Crippen LogP contribution < -0.4 is 0 Å². The Kier molecular flexibility index (Phi) is 5.92. The molecule has 3 rings (SSSR count). The van der Waals surface area contributed by atoms with Gasteiger partial charge in [-0.05, 0) is 49.2 Å². The predicted octanol–water partition coefficient (Wildman–Crippen LogP) is 3.01. The second kappa shape index (κ2) is 8.10. The number of sulfonamides is 1. The molecule has 1 aliphatic heterocycles. The molecule has 2 aromatic carbocycles. The molecule has 1 saturated heterocycles. The van der Waals surface area contributed by atoms with E-state index < -0.39 is 20.9 Å². The van der Waals surface area contributed by atoms with Crippen molar-refractivity contribution in [1.82, 2.24) is 9.21 Å². The maximum atomic E-state index is 12.9. The number of amides is 1. The summed E-state index contributed by atoms with van der Waals surface area (Å²) in [5.74, 6) is -0.517. The smallest absolute Gasteiger partial charge is 0.283 e. The molecule has 1 fully saturated rings. The SMILES string of the molecule is Cc1ccc(S(=O)(=O)N2CCN(C(=O)c3ccc(Cl)cc3[N+](=O)[O-])CC2)cc1C. The van der Waals surface area contributed by atoms with Crippen LogP contribution in [0.1, 0.15) is 21.5 Å². The number of nitrogens with zero attached hydrogens (tertiary/aromatic N) is 3. The van der Waals surface area contributed by atoms with E-state index in [1.54, 1.807) is 18.2 Å². The first-order chi connectivity index (χ1) is 13.6. The molecule has 10 heteroatoms. The monoisotopic (exact) mass is 437 g/mol. The highest BCUT2D eigenvalue weighted by molar-refractivity contribution is 7.89. The van der Waals surface area contributed by atoms with Crippen LogP contribution in [0, 0.1) is 24.0 Å². The van der Waals surface area contributed by atoms with Crippen molar-refractivity contribution in [3.05, 3.63) is 68.2 Å². The molecule has 0 aromatic heterocycles. The summed E-state index contributed by atoms with van der Waals surface area (Å²) in [6.45, 7) is 4.27. The zero-order valence-electron chi connectivity index (χ0n) is 16.0. The fourth-order valence-electron chi connectivity index (χ4n) is 3.16. The van der Waals surface area contributed by atoms with Crippen molar-refractivity contribution in [2.45, 2.75) is 18.7 Å². The summed E-state index contributed by atoms with van der Waals surface area (Å²) >= 11 is 5.80. The molecule has 0 atom stereocenters. The fourth-order valence-corrected chi connectivity index (χ4v) is 4.84. The van der Waals surface area contributed by atoms with Crippen LogP contribution in [-0.2, 0) is 10.0 Å². The minimum absolute atomic E-state index is 0.0649. The molecule has 154 valence electrons. The highest BCUT2D eigenvalue weighted by Gasteiger charge is 2.32. The number of rotatable bonds is 4. The van der Waals surface area contributed by atoms with E-state index in [2.05, 4.69) is 0 Å². The van der Waals surface area contributed by atoms with Gasteiger partial charge in [0.2, 0.25) is 10.0 Å². The summed E-state index contributed by atoms with van der Waals surface area (Å²) in [4.78, 5) is 25.0. The number of halogens is 1. The lowest BCUT2D eigenvalue weighted by atomic mass is 10.1. The van der Waals surface area contributed by atoms with Crippen LogP contribution in [-0.4, -0.2) is 54.6 Å². The van der Waals surface area contributed by atoms with E-state index in [1.165, 1.54) is 21.3 Å². The van der Waals surface area contributed by atoms with E-state index in [9.17, 15) is 23.3 Å². The molecule has 8 nitrogen and oxygen atoms in total. The van der Waals surface area contributed by atoms with E-state index in [4.69, 9.17) is 11.6 Å². The summed E-state index contributed by atoms with van der Waals surface area (Å²) in [7, 11) is -3.67. The van der Waals surface area contributed by atoms with E-state index >= 15 is 0 Å². The third-order valence-corrected chi connectivity index (χ3v) is 7.16. The first-order valence-electron chi connectivity index (χ1n) is 8.92. The van der Waals surface area contributed by atoms with Gasteiger partial charge >= 0.3 is 0 Å². The summed E-state index contributed by atoms with van der Waals surface area (Å²) in [5, 5.41) is 11.4. The molecule has 0 N–H and O–H groups in total. The fraction of sp³-hybridized carbons (Fsp3) is 0.316. The summed E-state index contributed by atoms with van der Waals surface area (Å²) in [6, 6.07) is 8.85. The molecular weight excluding hydrogens is 418 g/mol. The minimum Gasteiger partial charge on any atom is -0.336 e. The molecule has 0 saturated carbocycles. The molecule has 2 aromatic rings. The van der Waals surface area contributed by atoms with Gasteiger partial charge in [0.15, 0.2) is 0 Å². The maximum absolute atomic E-state index is 12.9. The number of hydrogen-bond acceptors (Lipinski definition) is 5. The zero-order chi connectivity index (χ0) is 21.3. The summed E-state index contributed by atoms with van der Waals surface area (Å²) < 4.78 is 27.1. The first kappa shape index (κ1) is 21.2. The van der Waals surface area contributed by atoms with Gasteiger partial charge in [0, 0.05) is 37.3 Å². The molecule has 1 heterocycles. The Hall–Kier alpha value is -2.49. The highest BCUT2D eigenvalue weighted by Crippen LogP contribution is 2.26. The molecule has 0 unspecified atom stereocenters. The lowest BCUT2D eigenvalue weighted by Crippen LogP contribution is -2.50. The molecular formula is C19H20ClN3O5S. The maximum Gasteiger partial charge on any atom is 0.283 e. The Balaban J connectivity index is 1.76. The van der Waals surface area contributed by atoms with Crippen molar-refractivity contribution in [2.75, 3.05) is 26.2 Å². The second-order valence-corrected chi connectivity index (χ2v) is 9.24. The Bertz CT molecular complexity index is 1080. The Morgan fingerprint density at radius 3 is 2.28 bits per heavy atom. The van der Waals surface area contributed by atoms with Crippen molar-refractivity contribution in [2.24, 2.45) is 0 Å². The molecule has 0 aliphatic carbocycles. The quantitative estimate of drug-likeness (QED) is 0.540. The van der Waals surface area contributed by atoms with E-state index in [0.29, 0.717) is 0 Å². The number of carbonyl (C=O) groups is 1. The number of aryl methyl sites for hydroxylation is 2. The Morgan fingerprint density at radius 1 is 1.03 bits per heavy atom. The normalized spacial score (nSPS) is 15.3. The van der Waals surface area contributed by atoms with Gasteiger partial charge in [-0.15, -0.1) is 0 Å². The molecule has 0 spiro atoms. The highest BCUT2D eigenvalue weighted by atomic mass is 35.5. The zero-order valence-corrected chi connectivity index (χ0v) is 17.5. The van der Waals surface area contributed by atoms with Crippen LogP contribution in [0.2, 0.25) is 5.02 Å². The Morgan fingerprint density at radius 2 is 1.69 bits per heavy atom. The standard InChI is InChI=1S/C19H20ClN3O5S/c1-13-3-5-16(11-14(13)2)29(27,28)22-9-7-21(8-10-22)19(24)17-6-4-15(20)12-18(17)23(25)26/h3-6,11-12H,7-10H2,1-2H3. The molecule has 1 amide bonds. The van der Waals surface area contributed by atoms with Crippen molar-refractivity contribution in [1.29, 1.82) is 0 Å². The molecule has 29 heavy (non-hydrogen) atoms. The van der Waals surface area contributed by atoms with Crippen molar-refractivity contribution in [3.63, 3.8) is 0 Å². The van der Waals surface area contributed by atoms with Crippen molar-refractivity contribution >= 4 is 33.2 Å². The van der Waals surface area contributed by atoms with Crippen molar-refractivity contribution in [3.8, 4) is 0 Å². The molecule has 0 bridgehead atoms. The average Bonchev–Trinajstić information content (AvgIpc) is 2.69. The molecule has 0 radical (unpaired) electrons. The third kappa shape index (κ3) is 4.26. The Labute approximate surface area is 173 Å². The van der Waals surface area contributed by atoms with Crippen LogP contribution in [0.4, 0.5) is 5.69 Å². The minimum atomic E-state index is -3.67. The number of hydrogen-bond donors (Lipinski definition) is 0. The van der Waals surface area contributed by atoms with Gasteiger partial charge in [-0.2, -0.15) is 4.31 Å². The number of benzene rings is 2. The van der Waals surface area contributed by atoms with Crippen LogP contribution in [0.3, 0.4) is 0 Å². The lowest BCUT2D eigenvalue weighted by Gasteiger charge is -2.34. The van der Waals surface area contributed by atoms with E-state index in [1.807, 2.05) is 13.8 Å². The topological polar surface area (TPSA) is 101 Å². The lowest BCUT2D eigenvalue weighted by molar-refractivity contribution is -0.385. The van der Waals surface area contributed by atoms with Gasteiger partial charge in [0.05, 0.1) is 9.82 Å². The van der Waals surface area contributed by atoms with Crippen LogP contribution >= 0.6 is 11.6 Å². The average molecular weight is 438 g/mol. The number of carbonyl (C=O) groups excluding carboxylic acids is 1. The number of nitro groups is 1. The van der Waals surface area contributed by atoms with Crippen LogP contribution in [0.25, 0.3) is 0 Å². The second-order valence-electron chi connectivity index (χ2n) is 6.86. The third-order valence-electron chi connectivity index (χ3n) is 5.03. The number of nitro benzene ring substituents is 1. The largest absolute Gasteiger partial charge is 0.336 e.